The molecule has 2 amide bonds. The molecule has 236 valence electrons. The fraction of sp³-hybridized carbons (Fsp3) is 0.394. The predicted molar refractivity (Wildman–Crippen MR) is 164 cm³/mol. The quantitative estimate of drug-likeness (QED) is 0.295. The van der Waals surface area contributed by atoms with Crippen LogP contribution in [0.1, 0.15) is 66.6 Å². The molecule has 1 fully saturated rings. The predicted octanol–water partition coefficient (Wildman–Crippen LogP) is 6.05. The second-order valence-corrected chi connectivity index (χ2v) is 13.1. The number of benzene rings is 3. The Labute approximate surface area is 257 Å². The zero-order chi connectivity index (χ0) is 32.1. The summed E-state index contributed by atoms with van der Waals surface area (Å²) in [6, 6.07) is 18.1. The molecular weight excluding hydrogens is 591 g/mol. The maximum Gasteiger partial charge on any atom is 0.416 e. The van der Waals surface area contributed by atoms with E-state index < -0.39 is 27.6 Å². The Morgan fingerprint density at radius 1 is 0.886 bits per heavy atom. The molecule has 4 rings (SSSR count). The highest BCUT2D eigenvalue weighted by atomic mass is 32.2. The van der Waals surface area contributed by atoms with Crippen LogP contribution in [0.3, 0.4) is 0 Å². The smallest absolute Gasteiger partial charge is 0.359 e. The second-order valence-electron chi connectivity index (χ2n) is 10.8. The SMILES string of the molecule is CCN(CC)C(=O)[C@@H]1CC[C@H](c2ccc(C(F)(F)F)cc2)CN1c1ccc(C(=O)NCc2ccc(S(=O)(=O)CC)cc2)cc1. The minimum absolute atomic E-state index is 0.000411. The van der Waals surface area contributed by atoms with Gasteiger partial charge in [-0.2, -0.15) is 13.2 Å². The van der Waals surface area contributed by atoms with Crippen LogP contribution >= 0.6 is 0 Å². The first kappa shape index (κ1) is 33.0. The lowest BCUT2D eigenvalue weighted by Crippen LogP contribution is -2.52. The molecule has 0 aliphatic carbocycles. The summed E-state index contributed by atoms with van der Waals surface area (Å²) in [5.74, 6) is -0.365. The molecule has 1 N–H and O–H groups in total. The third kappa shape index (κ3) is 7.61. The Bertz CT molecular complexity index is 1540. The van der Waals surface area contributed by atoms with Crippen molar-refractivity contribution in [3.8, 4) is 0 Å². The van der Waals surface area contributed by atoms with Gasteiger partial charge < -0.3 is 15.1 Å². The van der Waals surface area contributed by atoms with Crippen LogP contribution in [0.4, 0.5) is 18.9 Å². The summed E-state index contributed by atoms with van der Waals surface area (Å²) in [6.07, 6.45) is -3.21. The van der Waals surface area contributed by atoms with Gasteiger partial charge >= 0.3 is 6.18 Å². The Morgan fingerprint density at radius 3 is 2.05 bits per heavy atom. The van der Waals surface area contributed by atoms with Gasteiger partial charge in [-0.15, -0.1) is 0 Å². The molecule has 0 saturated carbocycles. The van der Waals surface area contributed by atoms with Crippen molar-refractivity contribution in [1.82, 2.24) is 10.2 Å². The molecule has 0 aromatic heterocycles. The van der Waals surface area contributed by atoms with Crippen LogP contribution in [0.15, 0.2) is 77.7 Å². The third-order valence-electron chi connectivity index (χ3n) is 8.23. The standard InChI is InChI=1S/C33H38F3N3O4S/c1-4-38(5-2)32(41)30-20-13-26(24-9-14-27(15-10-24)33(34,35)36)22-39(30)28-16-11-25(12-17-28)31(40)37-21-23-7-18-29(19-8-23)44(42,43)6-3/h7-12,14-19,26,30H,4-6,13,20-22H2,1-3H3,(H,37,40)/t26-,30-/m0/s1. The topological polar surface area (TPSA) is 86.8 Å². The summed E-state index contributed by atoms with van der Waals surface area (Å²) in [4.78, 5) is 30.4. The van der Waals surface area contributed by atoms with Gasteiger partial charge in [0.25, 0.3) is 5.91 Å². The molecule has 7 nitrogen and oxygen atoms in total. The molecule has 0 unspecified atom stereocenters. The molecule has 3 aromatic carbocycles. The van der Waals surface area contributed by atoms with Crippen molar-refractivity contribution in [3.63, 3.8) is 0 Å². The van der Waals surface area contributed by atoms with Crippen molar-refractivity contribution in [1.29, 1.82) is 0 Å². The highest BCUT2D eigenvalue weighted by molar-refractivity contribution is 7.91. The minimum Gasteiger partial charge on any atom is -0.359 e. The number of rotatable bonds is 10. The summed E-state index contributed by atoms with van der Waals surface area (Å²) in [5, 5.41) is 2.84. The van der Waals surface area contributed by atoms with E-state index in [1.165, 1.54) is 24.3 Å². The van der Waals surface area contributed by atoms with Gasteiger partial charge in [0.1, 0.15) is 6.04 Å². The molecule has 3 aromatic rings. The van der Waals surface area contributed by atoms with E-state index in [1.807, 2.05) is 18.7 Å². The largest absolute Gasteiger partial charge is 0.416 e. The zero-order valence-electron chi connectivity index (χ0n) is 25.1. The number of hydrogen-bond donors (Lipinski definition) is 1. The number of alkyl halides is 3. The van der Waals surface area contributed by atoms with Gasteiger partial charge in [-0.1, -0.05) is 31.2 Å². The van der Waals surface area contributed by atoms with Crippen LogP contribution in [-0.2, 0) is 27.4 Å². The molecule has 11 heteroatoms. The second kappa shape index (κ2) is 13.8. The Hall–Kier alpha value is -3.86. The first-order valence-electron chi connectivity index (χ1n) is 14.8. The van der Waals surface area contributed by atoms with Crippen LogP contribution in [0.2, 0.25) is 0 Å². The van der Waals surface area contributed by atoms with E-state index >= 15 is 0 Å². The summed E-state index contributed by atoms with van der Waals surface area (Å²) in [5.41, 5.74) is 2.01. The maximum atomic E-state index is 13.5. The molecule has 2 atom stereocenters. The molecular formula is C33H38F3N3O4S. The number of likely N-dealkylation sites (N-methyl/N-ethyl adjacent to an activating group) is 1. The number of carbonyl (C=O) groups excluding carboxylic acids is 2. The summed E-state index contributed by atoms with van der Waals surface area (Å²) < 4.78 is 63.4. The lowest BCUT2D eigenvalue weighted by molar-refractivity contribution is -0.137. The number of amides is 2. The van der Waals surface area contributed by atoms with Crippen LogP contribution < -0.4 is 10.2 Å². The van der Waals surface area contributed by atoms with Gasteiger partial charge in [0.2, 0.25) is 5.91 Å². The van der Waals surface area contributed by atoms with Crippen molar-refractivity contribution in [2.75, 3.05) is 30.3 Å². The van der Waals surface area contributed by atoms with E-state index in [0.717, 1.165) is 28.9 Å². The fourth-order valence-electron chi connectivity index (χ4n) is 5.55. The Morgan fingerprint density at radius 2 is 1.50 bits per heavy atom. The molecule has 1 aliphatic rings. The fourth-order valence-corrected chi connectivity index (χ4v) is 6.43. The molecule has 0 radical (unpaired) electrons. The first-order valence-corrected chi connectivity index (χ1v) is 16.5. The van der Waals surface area contributed by atoms with Gasteiger partial charge in [0, 0.05) is 43.3 Å². The van der Waals surface area contributed by atoms with Crippen LogP contribution in [-0.4, -0.2) is 56.6 Å². The number of hydrogen-bond acceptors (Lipinski definition) is 5. The first-order chi connectivity index (χ1) is 20.9. The molecule has 1 saturated heterocycles. The van der Waals surface area contributed by atoms with Crippen molar-refractivity contribution in [2.24, 2.45) is 0 Å². The van der Waals surface area contributed by atoms with E-state index in [0.29, 0.717) is 38.0 Å². The number of nitrogens with one attached hydrogen (secondary N) is 1. The van der Waals surface area contributed by atoms with E-state index in [9.17, 15) is 31.2 Å². The molecule has 0 spiro atoms. The van der Waals surface area contributed by atoms with Crippen molar-refractivity contribution < 1.29 is 31.2 Å². The van der Waals surface area contributed by atoms with E-state index in [1.54, 1.807) is 48.2 Å². The van der Waals surface area contributed by atoms with Gasteiger partial charge in [0.05, 0.1) is 16.2 Å². The van der Waals surface area contributed by atoms with Gasteiger partial charge in [-0.3, -0.25) is 9.59 Å². The Kier molecular flexibility index (Phi) is 10.4. The lowest BCUT2D eigenvalue weighted by atomic mass is 9.86. The van der Waals surface area contributed by atoms with Gasteiger partial charge in [-0.05, 0) is 86.3 Å². The highest BCUT2D eigenvalue weighted by Crippen LogP contribution is 2.36. The summed E-state index contributed by atoms with van der Waals surface area (Å²) in [7, 11) is -3.30. The number of carbonyl (C=O) groups is 2. The maximum absolute atomic E-state index is 13.5. The molecule has 0 bridgehead atoms. The summed E-state index contributed by atoms with van der Waals surface area (Å²) >= 11 is 0. The monoisotopic (exact) mass is 629 g/mol. The zero-order valence-corrected chi connectivity index (χ0v) is 25.9. The number of piperidine rings is 1. The van der Waals surface area contributed by atoms with Gasteiger partial charge in [0.15, 0.2) is 9.84 Å². The van der Waals surface area contributed by atoms with Gasteiger partial charge in [-0.25, -0.2) is 8.42 Å². The molecule has 1 aliphatic heterocycles. The lowest BCUT2D eigenvalue weighted by Gasteiger charge is -2.42. The third-order valence-corrected chi connectivity index (χ3v) is 9.98. The molecule has 1 heterocycles. The average Bonchev–Trinajstić information content (AvgIpc) is 3.03. The number of anilines is 1. The highest BCUT2D eigenvalue weighted by Gasteiger charge is 2.36. The van der Waals surface area contributed by atoms with E-state index in [-0.39, 0.29) is 34.9 Å². The number of halogens is 3. The van der Waals surface area contributed by atoms with Crippen LogP contribution in [0, 0.1) is 0 Å². The Balaban J connectivity index is 1.50. The summed E-state index contributed by atoms with van der Waals surface area (Å²) in [6.45, 7) is 7.23. The van der Waals surface area contributed by atoms with Crippen molar-refractivity contribution in [3.05, 3.63) is 95.1 Å². The van der Waals surface area contributed by atoms with Crippen molar-refractivity contribution >= 4 is 27.3 Å². The van der Waals surface area contributed by atoms with Crippen molar-refractivity contribution in [2.45, 2.75) is 63.2 Å². The van der Waals surface area contributed by atoms with E-state index in [2.05, 4.69) is 5.32 Å². The average molecular weight is 630 g/mol. The van der Waals surface area contributed by atoms with E-state index in [4.69, 9.17) is 0 Å². The van der Waals surface area contributed by atoms with Crippen LogP contribution in [0.25, 0.3) is 0 Å². The van der Waals surface area contributed by atoms with Crippen LogP contribution in [0.5, 0.6) is 0 Å². The molecule has 44 heavy (non-hydrogen) atoms. The number of sulfone groups is 1. The minimum atomic E-state index is -4.41. The normalized spacial score (nSPS) is 17.3. The number of nitrogens with zero attached hydrogens (tertiary/aromatic N) is 2.